The highest BCUT2D eigenvalue weighted by atomic mass is 79.9. The Kier molecular flexibility index (Phi) is 9.39. The van der Waals surface area contributed by atoms with Gasteiger partial charge in [0.25, 0.3) is 5.56 Å². The molecule has 1 aromatic heterocycles. The maximum Gasteiger partial charge on any atom is 0.338 e. The Morgan fingerprint density at radius 3 is 2.37 bits per heavy atom. The molecule has 0 saturated carbocycles. The first-order chi connectivity index (χ1) is 20.5. The molecule has 3 aromatic carbocycles. The van der Waals surface area contributed by atoms with Crippen molar-refractivity contribution < 1.29 is 19.0 Å². The van der Waals surface area contributed by atoms with Crippen LogP contribution in [0.25, 0.3) is 6.08 Å². The van der Waals surface area contributed by atoms with Crippen molar-refractivity contribution in [2.45, 2.75) is 46.4 Å². The van der Waals surface area contributed by atoms with Crippen molar-refractivity contribution in [2.24, 2.45) is 4.99 Å². The van der Waals surface area contributed by atoms with Gasteiger partial charge in [-0.15, -0.1) is 0 Å². The third-order valence-corrected chi connectivity index (χ3v) is 8.81. The van der Waals surface area contributed by atoms with Gasteiger partial charge in [-0.3, -0.25) is 9.36 Å². The number of carbonyl (C=O) groups is 1. The Labute approximate surface area is 270 Å². The molecule has 43 heavy (non-hydrogen) atoms. The van der Waals surface area contributed by atoms with E-state index < -0.39 is 12.0 Å². The summed E-state index contributed by atoms with van der Waals surface area (Å²) in [6.45, 7) is 7.76. The van der Waals surface area contributed by atoms with Gasteiger partial charge in [0.1, 0.15) is 24.1 Å². The normalized spacial score (nSPS) is 14.9. The van der Waals surface area contributed by atoms with E-state index in [9.17, 15) is 9.59 Å². The van der Waals surface area contributed by atoms with E-state index in [4.69, 9.17) is 19.2 Å². The number of fused-ring (bicyclic) bond motifs is 1. The standard InChI is InChI=1S/C33H30Br2N2O5S/c1-18(2)42-32(39)29-20(4)36-33-37(30(29)25-16-24(35)11-13-27(25)40-5)31(38)28(43-33)15-22-14-23(34)10-12-26(22)41-17-21-8-6-19(3)7-9-21/h6-16,18,30H,17H2,1-5H3/b28-15-/t30-/m0/s1. The fourth-order valence-electron chi connectivity index (χ4n) is 4.82. The molecule has 0 unspecified atom stereocenters. The lowest BCUT2D eigenvalue weighted by atomic mass is 9.95. The first-order valence-corrected chi connectivity index (χ1v) is 16.0. The summed E-state index contributed by atoms with van der Waals surface area (Å²) in [5.41, 5.74) is 4.07. The van der Waals surface area contributed by atoms with E-state index in [1.54, 1.807) is 44.6 Å². The third kappa shape index (κ3) is 6.71. The van der Waals surface area contributed by atoms with Crippen LogP contribution in [0.4, 0.5) is 0 Å². The van der Waals surface area contributed by atoms with Crippen LogP contribution in [0, 0.1) is 6.92 Å². The largest absolute Gasteiger partial charge is 0.496 e. The predicted molar refractivity (Wildman–Crippen MR) is 175 cm³/mol. The monoisotopic (exact) mass is 724 g/mol. The highest BCUT2D eigenvalue weighted by Gasteiger charge is 2.35. The van der Waals surface area contributed by atoms with Crippen molar-refractivity contribution in [1.82, 2.24) is 4.57 Å². The number of aromatic nitrogens is 1. The van der Waals surface area contributed by atoms with Gasteiger partial charge in [0.15, 0.2) is 4.80 Å². The second-order valence-corrected chi connectivity index (χ2v) is 13.2. The molecule has 1 aliphatic rings. The number of hydrogen-bond acceptors (Lipinski definition) is 7. The first-order valence-electron chi connectivity index (χ1n) is 13.6. The lowest BCUT2D eigenvalue weighted by Gasteiger charge is -2.26. The summed E-state index contributed by atoms with van der Waals surface area (Å²) in [4.78, 5) is 32.8. The summed E-state index contributed by atoms with van der Waals surface area (Å²) >= 11 is 8.35. The lowest BCUT2D eigenvalue weighted by Crippen LogP contribution is -2.40. The number of halogens is 2. The van der Waals surface area contributed by atoms with Gasteiger partial charge in [-0.1, -0.05) is 73.0 Å². The molecule has 10 heteroatoms. The maximum absolute atomic E-state index is 14.2. The van der Waals surface area contributed by atoms with Crippen LogP contribution in [-0.2, 0) is 16.1 Å². The van der Waals surface area contributed by atoms with Gasteiger partial charge in [-0.05, 0) is 75.7 Å². The average Bonchev–Trinajstić information content (AvgIpc) is 3.26. The molecule has 222 valence electrons. The van der Waals surface area contributed by atoms with Crippen molar-refractivity contribution in [3.05, 3.63) is 123 Å². The average molecular weight is 726 g/mol. The smallest absolute Gasteiger partial charge is 0.338 e. The maximum atomic E-state index is 14.2. The van der Waals surface area contributed by atoms with Crippen LogP contribution < -0.4 is 24.4 Å². The molecule has 2 heterocycles. The summed E-state index contributed by atoms with van der Waals surface area (Å²) in [6.07, 6.45) is 1.46. The Morgan fingerprint density at radius 1 is 1.02 bits per heavy atom. The van der Waals surface area contributed by atoms with E-state index in [0.29, 0.717) is 38.7 Å². The number of ether oxygens (including phenoxy) is 3. The molecule has 0 radical (unpaired) electrons. The molecular formula is C33H30Br2N2O5S. The minimum absolute atomic E-state index is 0.286. The minimum Gasteiger partial charge on any atom is -0.496 e. The molecule has 5 rings (SSSR count). The SMILES string of the molecule is COc1ccc(Br)cc1[C@H]1C(C(=O)OC(C)C)=C(C)N=c2s/c(=C\c3cc(Br)ccc3OCc3ccc(C)cc3)c(=O)n21. The van der Waals surface area contributed by atoms with Gasteiger partial charge in [0.05, 0.1) is 29.0 Å². The summed E-state index contributed by atoms with van der Waals surface area (Å²) in [5, 5.41) is 0. The van der Waals surface area contributed by atoms with E-state index in [1.807, 2.05) is 61.5 Å². The van der Waals surface area contributed by atoms with E-state index in [2.05, 4.69) is 31.9 Å². The predicted octanol–water partition coefficient (Wildman–Crippen LogP) is 6.61. The molecule has 0 spiro atoms. The third-order valence-electron chi connectivity index (χ3n) is 6.84. The molecular weight excluding hydrogens is 696 g/mol. The summed E-state index contributed by atoms with van der Waals surface area (Å²) < 4.78 is 21.1. The number of methoxy groups -OCH3 is 1. The van der Waals surface area contributed by atoms with E-state index in [-0.39, 0.29) is 17.2 Å². The lowest BCUT2D eigenvalue weighted by molar-refractivity contribution is -0.143. The second kappa shape index (κ2) is 13.0. The van der Waals surface area contributed by atoms with Gasteiger partial charge in [0, 0.05) is 20.1 Å². The Morgan fingerprint density at radius 2 is 1.70 bits per heavy atom. The highest BCUT2D eigenvalue weighted by Crippen LogP contribution is 2.37. The van der Waals surface area contributed by atoms with E-state index >= 15 is 0 Å². The van der Waals surface area contributed by atoms with E-state index in [0.717, 1.165) is 20.1 Å². The molecule has 7 nitrogen and oxygen atoms in total. The van der Waals surface area contributed by atoms with Gasteiger partial charge in [-0.25, -0.2) is 9.79 Å². The quantitative estimate of drug-likeness (QED) is 0.191. The second-order valence-electron chi connectivity index (χ2n) is 10.4. The Balaban J connectivity index is 1.66. The highest BCUT2D eigenvalue weighted by molar-refractivity contribution is 9.10. The molecule has 1 atom stereocenters. The fourth-order valence-corrected chi connectivity index (χ4v) is 6.62. The number of esters is 1. The van der Waals surface area contributed by atoms with Gasteiger partial charge < -0.3 is 14.2 Å². The Bertz CT molecular complexity index is 1910. The fraction of sp³-hybridized carbons (Fsp3) is 0.242. The number of benzene rings is 3. The van der Waals surface area contributed by atoms with Crippen LogP contribution in [0.5, 0.6) is 11.5 Å². The number of allylic oxidation sites excluding steroid dienone is 1. The van der Waals surface area contributed by atoms with Gasteiger partial charge >= 0.3 is 5.97 Å². The molecule has 0 amide bonds. The molecule has 0 aliphatic carbocycles. The summed E-state index contributed by atoms with van der Waals surface area (Å²) in [5.74, 6) is 0.639. The number of thiazole rings is 1. The number of hydrogen-bond donors (Lipinski definition) is 0. The number of carbonyl (C=O) groups excluding carboxylic acids is 1. The van der Waals surface area contributed by atoms with Crippen LogP contribution in [0.15, 0.2) is 90.7 Å². The summed E-state index contributed by atoms with van der Waals surface area (Å²) in [7, 11) is 1.56. The van der Waals surface area contributed by atoms with Crippen LogP contribution in [-0.4, -0.2) is 23.8 Å². The van der Waals surface area contributed by atoms with Crippen molar-refractivity contribution in [2.75, 3.05) is 7.11 Å². The number of rotatable bonds is 8. The Hall–Kier alpha value is -3.47. The summed E-state index contributed by atoms with van der Waals surface area (Å²) in [6, 6.07) is 18.5. The topological polar surface area (TPSA) is 79.1 Å². The van der Waals surface area contributed by atoms with Crippen molar-refractivity contribution >= 4 is 55.2 Å². The zero-order valence-corrected chi connectivity index (χ0v) is 28.3. The van der Waals surface area contributed by atoms with Crippen molar-refractivity contribution in [1.29, 1.82) is 0 Å². The van der Waals surface area contributed by atoms with Crippen LogP contribution in [0.1, 0.15) is 49.1 Å². The van der Waals surface area contributed by atoms with E-state index in [1.165, 1.54) is 16.9 Å². The zero-order chi connectivity index (χ0) is 30.8. The number of aryl methyl sites for hydroxylation is 1. The van der Waals surface area contributed by atoms with Gasteiger partial charge in [-0.2, -0.15) is 0 Å². The molecule has 1 aliphatic heterocycles. The van der Waals surface area contributed by atoms with Crippen LogP contribution in [0.2, 0.25) is 0 Å². The molecule has 0 fully saturated rings. The molecule has 0 saturated heterocycles. The molecule has 4 aromatic rings. The number of nitrogens with zero attached hydrogens (tertiary/aromatic N) is 2. The first kappa shape index (κ1) is 31.0. The van der Waals surface area contributed by atoms with Crippen molar-refractivity contribution in [3.8, 4) is 11.5 Å². The zero-order valence-electron chi connectivity index (χ0n) is 24.3. The minimum atomic E-state index is -0.808. The van der Waals surface area contributed by atoms with Gasteiger partial charge in [0.2, 0.25) is 0 Å². The molecule has 0 bridgehead atoms. The molecule has 0 N–H and O–H groups in total. The van der Waals surface area contributed by atoms with Crippen LogP contribution >= 0.6 is 43.2 Å². The van der Waals surface area contributed by atoms with Crippen molar-refractivity contribution in [3.63, 3.8) is 0 Å². The van der Waals surface area contributed by atoms with Crippen LogP contribution in [0.3, 0.4) is 0 Å².